The molecule has 0 spiro atoms. The molecule has 1 heterocycles. The Bertz CT molecular complexity index is 481. The summed E-state index contributed by atoms with van der Waals surface area (Å²) in [5.41, 5.74) is 2.42. The Hall–Kier alpha value is -1.13. The Morgan fingerprint density at radius 2 is 1.86 bits per heavy atom. The Kier molecular flexibility index (Phi) is 2.65. The second-order valence-corrected chi connectivity index (χ2v) is 5.17. The van der Waals surface area contributed by atoms with Gasteiger partial charge in [-0.3, -0.25) is 0 Å². The van der Waals surface area contributed by atoms with E-state index in [-0.39, 0.29) is 0 Å². The first-order valence-corrected chi connectivity index (χ1v) is 6.30. The molecule has 0 aliphatic carbocycles. The lowest BCUT2D eigenvalue weighted by molar-refractivity contribution is 0.304. The number of aryl methyl sites for hydroxylation is 1. The van der Waals surface area contributed by atoms with Crippen molar-refractivity contribution in [3.63, 3.8) is 0 Å². The highest BCUT2D eigenvalue weighted by molar-refractivity contribution is 7.69. The van der Waals surface area contributed by atoms with E-state index in [1.165, 1.54) is 21.5 Å². The van der Waals surface area contributed by atoms with E-state index < -0.39 is 0 Å². The van der Waals surface area contributed by atoms with Crippen LogP contribution in [0.25, 0.3) is 10.4 Å². The van der Waals surface area contributed by atoms with Gasteiger partial charge in [0.15, 0.2) is 4.67 Å². The zero-order chi connectivity index (χ0) is 9.97. The fraction of sp³-hybridized carbons (Fsp3) is 0.100. The second kappa shape index (κ2) is 3.94. The summed E-state index contributed by atoms with van der Waals surface area (Å²) in [6.45, 7) is 2.06. The highest BCUT2D eigenvalue weighted by Gasteiger charge is 1.99. The lowest BCUT2D eigenvalue weighted by Gasteiger charge is -1.96. The molecule has 4 heteroatoms. The van der Waals surface area contributed by atoms with Crippen LogP contribution in [0.15, 0.2) is 35.5 Å². The van der Waals surface area contributed by atoms with Gasteiger partial charge in [-0.15, -0.1) is 0 Å². The molecule has 1 N–H and O–H groups in total. The molecule has 2 aromatic rings. The predicted molar refractivity (Wildman–Crippen MR) is 59.7 cm³/mol. The van der Waals surface area contributed by atoms with Gasteiger partial charge in [-0.2, -0.15) is 0 Å². The fourth-order valence-electron chi connectivity index (χ4n) is 1.14. The zero-order valence-electron chi connectivity index (χ0n) is 7.60. The van der Waals surface area contributed by atoms with E-state index >= 15 is 0 Å². The quantitative estimate of drug-likeness (QED) is 0.450. The molecule has 0 bridgehead atoms. The number of rotatable bonds is 1. The molecule has 2 rings (SSSR count). The van der Waals surface area contributed by atoms with Crippen LogP contribution in [-0.4, -0.2) is 5.21 Å². The Morgan fingerprint density at radius 3 is 2.43 bits per heavy atom. The zero-order valence-corrected chi connectivity index (χ0v) is 9.23. The largest absolute Gasteiger partial charge is 0.410 e. The predicted octanol–water partition coefficient (Wildman–Crippen LogP) is 3.07. The first kappa shape index (κ1) is 9.43. The lowest BCUT2D eigenvalue weighted by Crippen LogP contribution is -1.87. The van der Waals surface area contributed by atoms with E-state index in [0.717, 1.165) is 4.88 Å². The summed E-state index contributed by atoms with van der Waals surface area (Å²) in [6, 6.07) is 10.2. The van der Waals surface area contributed by atoms with Crippen molar-refractivity contribution in [2.45, 2.75) is 6.92 Å². The molecule has 0 saturated carbocycles. The van der Waals surface area contributed by atoms with Gasteiger partial charge >= 0.3 is 0 Å². The highest BCUT2D eigenvalue weighted by Crippen LogP contribution is 2.25. The molecular weight excluding hydrogens is 214 g/mol. The molecule has 0 fully saturated rings. The van der Waals surface area contributed by atoms with E-state index in [1.54, 1.807) is 10.3 Å². The Balaban J connectivity index is 2.44. The molecule has 1 aromatic carbocycles. The molecule has 14 heavy (non-hydrogen) atoms. The van der Waals surface area contributed by atoms with Crippen LogP contribution >= 0.6 is 20.7 Å². The fourth-order valence-corrected chi connectivity index (χ4v) is 3.19. The molecule has 0 saturated heterocycles. The van der Waals surface area contributed by atoms with Gasteiger partial charge < -0.3 is 5.21 Å². The van der Waals surface area contributed by atoms with Crippen molar-refractivity contribution in [2.75, 3.05) is 0 Å². The van der Waals surface area contributed by atoms with E-state index in [9.17, 15) is 0 Å². The average Bonchev–Trinajstić information content (AvgIpc) is 2.67. The summed E-state index contributed by atoms with van der Waals surface area (Å²) in [5, 5.41) is 11.7. The van der Waals surface area contributed by atoms with Crippen molar-refractivity contribution in [3.05, 3.63) is 40.6 Å². The van der Waals surface area contributed by atoms with E-state index in [4.69, 9.17) is 5.21 Å². The van der Waals surface area contributed by atoms with Crippen molar-refractivity contribution in [3.8, 4) is 10.4 Å². The smallest absolute Gasteiger partial charge is 0.166 e. The van der Waals surface area contributed by atoms with Crippen LogP contribution < -0.4 is 4.67 Å². The maximum atomic E-state index is 8.58. The van der Waals surface area contributed by atoms with Gasteiger partial charge in [0.05, 0.1) is 0 Å². The van der Waals surface area contributed by atoms with Gasteiger partial charge in [0.1, 0.15) is 0 Å². The third-order valence-corrected chi connectivity index (χ3v) is 4.19. The lowest BCUT2D eigenvalue weighted by atomic mass is 10.1. The van der Waals surface area contributed by atoms with Crippen LogP contribution in [-0.2, 0) is 0 Å². The molecular formula is C10H9NOS2. The van der Waals surface area contributed by atoms with Crippen molar-refractivity contribution in [1.82, 2.24) is 0 Å². The first-order chi connectivity index (χ1) is 6.79. The van der Waals surface area contributed by atoms with Crippen LogP contribution in [0.1, 0.15) is 5.56 Å². The molecule has 0 radical (unpaired) electrons. The molecule has 0 aliphatic rings. The third kappa shape index (κ3) is 1.86. The van der Waals surface area contributed by atoms with Crippen molar-refractivity contribution in [1.29, 1.82) is 0 Å². The summed E-state index contributed by atoms with van der Waals surface area (Å²) < 4.78 is 0.658. The first-order valence-electron chi connectivity index (χ1n) is 4.15. The van der Waals surface area contributed by atoms with Crippen molar-refractivity contribution >= 4 is 20.7 Å². The number of hydrogen-bond donors (Lipinski definition) is 1. The minimum atomic E-state index is 0.658. The Morgan fingerprint density at radius 1 is 1.14 bits per heavy atom. The topological polar surface area (TPSA) is 32.6 Å². The van der Waals surface area contributed by atoms with Gasteiger partial charge in [-0.1, -0.05) is 55.7 Å². The normalized spacial score (nSPS) is 11.9. The standard InChI is InChI=1S/C10H9NOS2/c1-7-2-4-8(5-3-7)9-6-10(11-12)14-13-9/h2-6,12H,1H3. The summed E-state index contributed by atoms with van der Waals surface area (Å²) in [7, 11) is 3.09. The maximum absolute atomic E-state index is 8.58. The highest BCUT2D eigenvalue weighted by atomic mass is 32.9. The average molecular weight is 223 g/mol. The summed E-state index contributed by atoms with van der Waals surface area (Å²) >= 11 is 0. The number of hydrogen-bond acceptors (Lipinski definition) is 4. The van der Waals surface area contributed by atoms with Crippen LogP contribution in [0.2, 0.25) is 0 Å². The minimum Gasteiger partial charge on any atom is -0.410 e. The summed E-state index contributed by atoms with van der Waals surface area (Å²) in [5.74, 6) is 0. The molecule has 0 unspecified atom stereocenters. The third-order valence-electron chi connectivity index (χ3n) is 1.91. The Labute approximate surface area is 89.2 Å². The van der Waals surface area contributed by atoms with Crippen LogP contribution in [0.4, 0.5) is 0 Å². The SMILES string of the molecule is Cc1ccc(-c2cc(=NO)ss2)cc1. The van der Waals surface area contributed by atoms with Crippen LogP contribution in [0.3, 0.4) is 0 Å². The van der Waals surface area contributed by atoms with Gasteiger partial charge in [-0.25, -0.2) is 0 Å². The van der Waals surface area contributed by atoms with Gasteiger partial charge in [0.25, 0.3) is 0 Å². The number of benzene rings is 1. The van der Waals surface area contributed by atoms with Crippen molar-refractivity contribution in [2.24, 2.45) is 5.16 Å². The molecule has 1 aromatic heterocycles. The molecule has 0 aliphatic heterocycles. The van der Waals surface area contributed by atoms with Crippen LogP contribution in [0.5, 0.6) is 0 Å². The van der Waals surface area contributed by atoms with Crippen LogP contribution in [0, 0.1) is 6.92 Å². The van der Waals surface area contributed by atoms with Gasteiger partial charge in [-0.05, 0) is 18.6 Å². The van der Waals surface area contributed by atoms with Gasteiger partial charge in [0, 0.05) is 4.88 Å². The second-order valence-electron chi connectivity index (χ2n) is 2.98. The molecule has 0 amide bonds. The summed E-state index contributed by atoms with van der Waals surface area (Å²) in [6.07, 6.45) is 0. The molecule has 0 atom stereocenters. The molecule has 72 valence electrons. The van der Waals surface area contributed by atoms with Crippen molar-refractivity contribution < 1.29 is 5.21 Å². The summed E-state index contributed by atoms with van der Waals surface area (Å²) in [4.78, 5) is 1.14. The minimum absolute atomic E-state index is 0.658. The van der Waals surface area contributed by atoms with E-state index in [2.05, 4.69) is 36.3 Å². The number of nitrogens with zero attached hydrogens (tertiary/aromatic N) is 1. The van der Waals surface area contributed by atoms with E-state index in [0.29, 0.717) is 4.67 Å². The van der Waals surface area contributed by atoms with Gasteiger partial charge in [0.2, 0.25) is 0 Å². The maximum Gasteiger partial charge on any atom is 0.166 e. The molecule has 2 nitrogen and oxygen atoms in total. The monoisotopic (exact) mass is 223 g/mol. The van der Waals surface area contributed by atoms with E-state index in [1.807, 2.05) is 6.07 Å².